The molecule has 0 heterocycles. The van der Waals surface area contributed by atoms with Gasteiger partial charge in [0, 0.05) is 5.69 Å². The first-order chi connectivity index (χ1) is 10.7. The summed E-state index contributed by atoms with van der Waals surface area (Å²) in [6, 6.07) is 16.3. The van der Waals surface area contributed by atoms with Crippen LogP contribution >= 0.6 is 0 Å². The van der Waals surface area contributed by atoms with Crippen LogP contribution in [-0.2, 0) is 4.79 Å². The molecule has 0 unspecified atom stereocenters. The lowest BCUT2D eigenvalue weighted by Gasteiger charge is -2.09. The van der Waals surface area contributed by atoms with Crippen molar-refractivity contribution in [3.63, 3.8) is 0 Å². The van der Waals surface area contributed by atoms with Gasteiger partial charge < -0.3 is 15.4 Å². The van der Waals surface area contributed by atoms with Crippen molar-refractivity contribution in [2.75, 3.05) is 23.8 Å². The second-order valence-corrected chi connectivity index (χ2v) is 4.52. The van der Waals surface area contributed by atoms with Gasteiger partial charge in [0.05, 0.1) is 24.4 Å². The summed E-state index contributed by atoms with van der Waals surface area (Å²) in [6.07, 6.45) is 0. The maximum atomic E-state index is 11.9. The van der Waals surface area contributed by atoms with Crippen molar-refractivity contribution in [1.29, 1.82) is 5.26 Å². The van der Waals surface area contributed by atoms with Gasteiger partial charge in [0.25, 0.3) is 0 Å². The van der Waals surface area contributed by atoms with E-state index in [1.807, 2.05) is 13.0 Å². The number of amides is 1. The topological polar surface area (TPSA) is 74.2 Å². The fourth-order valence-electron chi connectivity index (χ4n) is 1.92. The summed E-state index contributed by atoms with van der Waals surface area (Å²) >= 11 is 0. The summed E-state index contributed by atoms with van der Waals surface area (Å²) < 4.78 is 5.34. The van der Waals surface area contributed by atoms with Gasteiger partial charge in [-0.05, 0) is 43.3 Å². The normalized spacial score (nSPS) is 9.64. The van der Waals surface area contributed by atoms with Crippen LogP contribution in [0.4, 0.5) is 11.4 Å². The average Bonchev–Trinajstić information content (AvgIpc) is 2.55. The van der Waals surface area contributed by atoms with Crippen molar-refractivity contribution < 1.29 is 9.53 Å². The first-order valence-corrected chi connectivity index (χ1v) is 6.98. The van der Waals surface area contributed by atoms with Gasteiger partial charge >= 0.3 is 0 Å². The second-order valence-electron chi connectivity index (χ2n) is 4.52. The van der Waals surface area contributed by atoms with E-state index in [2.05, 4.69) is 16.7 Å². The van der Waals surface area contributed by atoms with E-state index in [0.717, 1.165) is 5.75 Å². The summed E-state index contributed by atoms with van der Waals surface area (Å²) in [5.41, 5.74) is 1.85. The first-order valence-electron chi connectivity index (χ1n) is 6.98. The van der Waals surface area contributed by atoms with Gasteiger partial charge in [-0.15, -0.1) is 0 Å². The molecule has 1 amide bonds. The molecule has 0 radical (unpaired) electrons. The van der Waals surface area contributed by atoms with Gasteiger partial charge in [-0.2, -0.15) is 5.26 Å². The van der Waals surface area contributed by atoms with Gasteiger partial charge in [0.2, 0.25) is 5.91 Å². The number of anilines is 2. The summed E-state index contributed by atoms with van der Waals surface area (Å²) in [7, 11) is 0. The molecular formula is C17H17N3O2. The van der Waals surface area contributed by atoms with Gasteiger partial charge in [0.1, 0.15) is 11.8 Å². The third-order valence-electron chi connectivity index (χ3n) is 2.94. The van der Waals surface area contributed by atoms with Crippen molar-refractivity contribution in [3.8, 4) is 11.8 Å². The fourth-order valence-corrected chi connectivity index (χ4v) is 1.92. The highest BCUT2D eigenvalue weighted by Gasteiger charge is 2.05. The number of carbonyl (C=O) groups excluding carboxylic acids is 1. The van der Waals surface area contributed by atoms with E-state index < -0.39 is 0 Å². The predicted molar refractivity (Wildman–Crippen MR) is 85.9 cm³/mol. The molecule has 2 rings (SSSR count). The molecule has 0 bridgehead atoms. The van der Waals surface area contributed by atoms with E-state index in [1.165, 1.54) is 0 Å². The molecule has 2 N–H and O–H groups in total. The van der Waals surface area contributed by atoms with Gasteiger partial charge in [0.15, 0.2) is 0 Å². The number of carbonyl (C=O) groups is 1. The minimum atomic E-state index is -0.183. The molecule has 0 fully saturated rings. The summed E-state index contributed by atoms with van der Waals surface area (Å²) in [5, 5.41) is 14.7. The van der Waals surface area contributed by atoms with Gasteiger partial charge in [-0.25, -0.2) is 0 Å². The Morgan fingerprint density at radius 1 is 1.18 bits per heavy atom. The molecule has 0 aliphatic carbocycles. The zero-order valence-corrected chi connectivity index (χ0v) is 12.3. The maximum Gasteiger partial charge on any atom is 0.243 e. The van der Waals surface area contributed by atoms with Crippen molar-refractivity contribution >= 4 is 17.3 Å². The fraction of sp³-hybridized carbons (Fsp3) is 0.176. The lowest BCUT2D eigenvalue weighted by molar-refractivity contribution is -0.114. The largest absolute Gasteiger partial charge is 0.494 e. The standard InChI is InChI=1S/C17H17N3O2/c1-2-22-15-9-7-14(8-10-15)20-17(21)12-19-16-6-4-3-5-13(16)11-18/h3-10,19H,2,12H2,1H3,(H,20,21). The molecule has 0 aliphatic heterocycles. The quantitative estimate of drug-likeness (QED) is 0.859. The first kappa shape index (κ1) is 15.4. The van der Waals surface area contributed by atoms with Crippen LogP contribution in [0.2, 0.25) is 0 Å². The molecule has 5 nitrogen and oxygen atoms in total. The van der Waals surface area contributed by atoms with E-state index in [0.29, 0.717) is 23.5 Å². The summed E-state index contributed by atoms with van der Waals surface area (Å²) in [4.78, 5) is 11.9. The number of benzene rings is 2. The molecule has 0 saturated heterocycles. The number of nitrogens with zero attached hydrogens (tertiary/aromatic N) is 1. The minimum Gasteiger partial charge on any atom is -0.494 e. The monoisotopic (exact) mass is 295 g/mol. The van der Waals surface area contributed by atoms with Crippen LogP contribution in [0.5, 0.6) is 5.75 Å². The van der Waals surface area contributed by atoms with Crippen LogP contribution in [0.1, 0.15) is 12.5 Å². The highest BCUT2D eigenvalue weighted by molar-refractivity contribution is 5.93. The molecule has 2 aromatic rings. The number of para-hydroxylation sites is 1. The Morgan fingerprint density at radius 2 is 1.91 bits per heavy atom. The molecule has 0 aromatic heterocycles. The summed E-state index contributed by atoms with van der Waals surface area (Å²) in [5.74, 6) is 0.582. The zero-order chi connectivity index (χ0) is 15.8. The van der Waals surface area contributed by atoms with Crippen LogP contribution in [0.15, 0.2) is 48.5 Å². The molecule has 0 spiro atoms. The minimum absolute atomic E-state index is 0.0892. The van der Waals surface area contributed by atoms with E-state index in [1.54, 1.807) is 42.5 Å². The number of nitrogens with one attached hydrogen (secondary N) is 2. The molecule has 2 aromatic carbocycles. The Morgan fingerprint density at radius 3 is 2.59 bits per heavy atom. The van der Waals surface area contributed by atoms with Gasteiger partial charge in [-0.3, -0.25) is 4.79 Å². The van der Waals surface area contributed by atoms with E-state index in [4.69, 9.17) is 10.00 Å². The van der Waals surface area contributed by atoms with Crippen molar-refractivity contribution in [1.82, 2.24) is 0 Å². The molecular weight excluding hydrogens is 278 g/mol. The van der Waals surface area contributed by atoms with E-state index in [-0.39, 0.29) is 12.5 Å². The Hall–Kier alpha value is -3.00. The van der Waals surface area contributed by atoms with Crippen LogP contribution in [0, 0.1) is 11.3 Å². The number of hydrogen-bond acceptors (Lipinski definition) is 4. The van der Waals surface area contributed by atoms with E-state index in [9.17, 15) is 4.79 Å². The second kappa shape index (κ2) is 7.70. The van der Waals surface area contributed by atoms with Crippen molar-refractivity contribution in [2.24, 2.45) is 0 Å². The van der Waals surface area contributed by atoms with Crippen LogP contribution < -0.4 is 15.4 Å². The number of ether oxygens (including phenoxy) is 1. The van der Waals surface area contributed by atoms with Gasteiger partial charge in [-0.1, -0.05) is 12.1 Å². The number of rotatable bonds is 6. The van der Waals surface area contributed by atoms with E-state index >= 15 is 0 Å². The smallest absolute Gasteiger partial charge is 0.243 e. The predicted octanol–water partition coefficient (Wildman–Crippen LogP) is 3.01. The zero-order valence-electron chi connectivity index (χ0n) is 12.3. The lowest BCUT2D eigenvalue weighted by Crippen LogP contribution is -2.22. The molecule has 22 heavy (non-hydrogen) atoms. The molecule has 0 atom stereocenters. The van der Waals surface area contributed by atoms with Crippen LogP contribution in [-0.4, -0.2) is 19.1 Å². The number of hydrogen-bond donors (Lipinski definition) is 2. The lowest BCUT2D eigenvalue weighted by atomic mass is 10.2. The molecule has 112 valence electrons. The Kier molecular flexibility index (Phi) is 5.38. The molecule has 0 aliphatic rings. The maximum absolute atomic E-state index is 11.9. The number of nitriles is 1. The third kappa shape index (κ3) is 4.25. The highest BCUT2D eigenvalue weighted by Crippen LogP contribution is 2.16. The van der Waals surface area contributed by atoms with Crippen LogP contribution in [0.25, 0.3) is 0 Å². The van der Waals surface area contributed by atoms with Crippen molar-refractivity contribution in [2.45, 2.75) is 6.92 Å². The Bertz CT molecular complexity index is 675. The SMILES string of the molecule is CCOc1ccc(NC(=O)CNc2ccccc2C#N)cc1. The van der Waals surface area contributed by atoms with Crippen molar-refractivity contribution in [3.05, 3.63) is 54.1 Å². The Balaban J connectivity index is 1.89. The highest BCUT2D eigenvalue weighted by atomic mass is 16.5. The summed E-state index contributed by atoms with van der Waals surface area (Å²) in [6.45, 7) is 2.61. The third-order valence-corrected chi connectivity index (χ3v) is 2.94. The molecule has 5 heteroatoms. The Labute approximate surface area is 129 Å². The molecule has 0 saturated carbocycles. The average molecular weight is 295 g/mol. The van der Waals surface area contributed by atoms with Crippen LogP contribution in [0.3, 0.4) is 0 Å².